The lowest BCUT2D eigenvalue weighted by molar-refractivity contribution is -0.139. The second-order valence-corrected chi connectivity index (χ2v) is 5.45. The predicted molar refractivity (Wildman–Crippen MR) is 80.6 cm³/mol. The molecule has 0 saturated carbocycles. The normalized spacial score (nSPS) is 18.3. The molecule has 1 N–H and O–H groups in total. The molecule has 21 heavy (non-hydrogen) atoms. The quantitative estimate of drug-likeness (QED) is 0.894. The molecule has 5 nitrogen and oxygen atoms in total. The van der Waals surface area contributed by atoms with Crippen LogP contribution < -0.4 is 5.32 Å². The second kappa shape index (κ2) is 6.70. The Bertz CT molecular complexity index is 498. The van der Waals surface area contributed by atoms with E-state index in [0.29, 0.717) is 38.8 Å². The van der Waals surface area contributed by atoms with Gasteiger partial charge >= 0.3 is 0 Å². The fourth-order valence-corrected chi connectivity index (χ4v) is 2.76. The summed E-state index contributed by atoms with van der Waals surface area (Å²) >= 11 is 0. The Balaban J connectivity index is 2.11. The fourth-order valence-electron chi connectivity index (χ4n) is 2.76. The van der Waals surface area contributed by atoms with Crippen LogP contribution in [0.4, 0.5) is 0 Å². The number of rotatable bonds is 5. The molecule has 0 atom stereocenters. The molecule has 1 aliphatic heterocycles. The fraction of sp³-hybridized carbons (Fsp3) is 0.562. The van der Waals surface area contributed by atoms with E-state index in [0.717, 1.165) is 5.69 Å². The van der Waals surface area contributed by atoms with Gasteiger partial charge in [0.05, 0.1) is 0 Å². The van der Waals surface area contributed by atoms with Gasteiger partial charge in [0, 0.05) is 37.8 Å². The standard InChI is InChI=1S/C16H23N3O2/c1-3-16(4-2)15(21)19(12-9-14(20)18-16)11-8-13-7-5-6-10-17-13/h5-7,10H,3-4,8-9,11-12H2,1-2H3,(H,18,20). The number of aromatic nitrogens is 1. The Kier molecular flexibility index (Phi) is 4.94. The Hall–Kier alpha value is -1.91. The van der Waals surface area contributed by atoms with Crippen molar-refractivity contribution in [2.24, 2.45) is 0 Å². The van der Waals surface area contributed by atoms with Crippen molar-refractivity contribution in [3.8, 4) is 0 Å². The number of nitrogens with one attached hydrogen (secondary N) is 1. The van der Waals surface area contributed by atoms with Gasteiger partial charge in [-0.1, -0.05) is 19.9 Å². The molecule has 0 aromatic carbocycles. The second-order valence-electron chi connectivity index (χ2n) is 5.45. The smallest absolute Gasteiger partial charge is 0.248 e. The van der Waals surface area contributed by atoms with Gasteiger partial charge in [0.15, 0.2) is 0 Å². The summed E-state index contributed by atoms with van der Waals surface area (Å²) in [4.78, 5) is 30.8. The average Bonchev–Trinajstić information content (AvgIpc) is 2.64. The number of carbonyl (C=O) groups is 2. The number of pyridine rings is 1. The van der Waals surface area contributed by atoms with E-state index in [1.807, 2.05) is 32.0 Å². The van der Waals surface area contributed by atoms with Crippen LogP contribution in [0.25, 0.3) is 0 Å². The molecule has 0 spiro atoms. The Morgan fingerprint density at radius 2 is 2.05 bits per heavy atom. The van der Waals surface area contributed by atoms with Crippen molar-refractivity contribution < 1.29 is 9.59 Å². The van der Waals surface area contributed by atoms with Crippen molar-refractivity contribution in [2.45, 2.75) is 45.1 Å². The lowest BCUT2D eigenvalue weighted by Crippen LogP contribution is -2.56. The molecule has 0 aliphatic carbocycles. The Labute approximate surface area is 125 Å². The Morgan fingerprint density at radius 3 is 2.67 bits per heavy atom. The number of hydrogen-bond acceptors (Lipinski definition) is 3. The maximum absolute atomic E-state index is 12.8. The van der Waals surface area contributed by atoms with E-state index >= 15 is 0 Å². The summed E-state index contributed by atoms with van der Waals surface area (Å²) in [6, 6.07) is 5.78. The molecule has 1 saturated heterocycles. The maximum Gasteiger partial charge on any atom is 0.248 e. The molecule has 2 amide bonds. The van der Waals surface area contributed by atoms with Crippen LogP contribution in [0.5, 0.6) is 0 Å². The molecule has 0 bridgehead atoms. The largest absolute Gasteiger partial charge is 0.342 e. The molecule has 2 rings (SSSR count). The van der Waals surface area contributed by atoms with E-state index in [1.165, 1.54) is 0 Å². The SMILES string of the molecule is CCC1(CC)NC(=O)CCN(CCc2ccccn2)C1=O. The molecule has 5 heteroatoms. The summed E-state index contributed by atoms with van der Waals surface area (Å²) in [5.74, 6) is 0.00154. The van der Waals surface area contributed by atoms with Crippen LogP contribution in [0.3, 0.4) is 0 Å². The topological polar surface area (TPSA) is 62.3 Å². The number of amides is 2. The van der Waals surface area contributed by atoms with E-state index in [9.17, 15) is 9.59 Å². The Morgan fingerprint density at radius 1 is 1.29 bits per heavy atom. The summed E-state index contributed by atoms with van der Waals surface area (Å²) in [5, 5.41) is 2.92. The van der Waals surface area contributed by atoms with Crippen LogP contribution in [0.2, 0.25) is 0 Å². The van der Waals surface area contributed by atoms with Gasteiger partial charge in [0.1, 0.15) is 5.54 Å². The minimum absolute atomic E-state index is 0.0348. The summed E-state index contributed by atoms with van der Waals surface area (Å²) in [6.45, 7) is 4.99. The van der Waals surface area contributed by atoms with E-state index in [-0.39, 0.29) is 11.8 Å². The number of hydrogen-bond donors (Lipinski definition) is 1. The van der Waals surface area contributed by atoms with Crippen molar-refractivity contribution in [1.82, 2.24) is 15.2 Å². The molecule has 1 aliphatic rings. The summed E-state index contributed by atoms with van der Waals surface area (Å²) in [6.07, 6.45) is 4.08. The van der Waals surface area contributed by atoms with Gasteiger partial charge in [0.2, 0.25) is 11.8 Å². The first-order valence-corrected chi connectivity index (χ1v) is 7.61. The molecule has 1 aromatic rings. The zero-order valence-electron chi connectivity index (χ0n) is 12.8. The van der Waals surface area contributed by atoms with Crippen molar-refractivity contribution in [3.63, 3.8) is 0 Å². The zero-order valence-corrected chi connectivity index (χ0v) is 12.8. The highest BCUT2D eigenvalue weighted by Crippen LogP contribution is 2.22. The number of carbonyl (C=O) groups excluding carboxylic acids is 2. The van der Waals surface area contributed by atoms with Gasteiger partial charge in [0.25, 0.3) is 0 Å². The molecular weight excluding hydrogens is 266 g/mol. The van der Waals surface area contributed by atoms with E-state index < -0.39 is 5.54 Å². The third kappa shape index (κ3) is 3.40. The van der Waals surface area contributed by atoms with Crippen molar-refractivity contribution in [1.29, 1.82) is 0 Å². The molecule has 114 valence electrons. The summed E-state index contributed by atoms with van der Waals surface area (Å²) < 4.78 is 0. The highest BCUT2D eigenvalue weighted by atomic mass is 16.2. The molecule has 0 radical (unpaired) electrons. The minimum atomic E-state index is -0.738. The van der Waals surface area contributed by atoms with Crippen molar-refractivity contribution in [2.75, 3.05) is 13.1 Å². The van der Waals surface area contributed by atoms with Crippen LogP contribution in [0.15, 0.2) is 24.4 Å². The third-order valence-electron chi connectivity index (χ3n) is 4.26. The summed E-state index contributed by atoms with van der Waals surface area (Å²) in [5.41, 5.74) is 0.227. The van der Waals surface area contributed by atoms with Crippen LogP contribution in [-0.4, -0.2) is 40.3 Å². The van der Waals surface area contributed by atoms with Crippen molar-refractivity contribution >= 4 is 11.8 Å². The first kappa shape index (κ1) is 15.5. The maximum atomic E-state index is 12.8. The minimum Gasteiger partial charge on any atom is -0.342 e. The highest BCUT2D eigenvalue weighted by molar-refractivity contribution is 5.93. The molecule has 2 heterocycles. The van der Waals surface area contributed by atoms with Gasteiger partial charge < -0.3 is 10.2 Å². The van der Waals surface area contributed by atoms with Crippen LogP contribution in [0, 0.1) is 0 Å². The molecular formula is C16H23N3O2. The highest BCUT2D eigenvalue weighted by Gasteiger charge is 2.41. The molecule has 1 aromatic heterocycles. The average molecular weight is 289 g/mol. The van der Waals surface area contributed by atoms with Gasteiger partial charge in [-0.2, -0.15) is 0 Å². The molecule has 0 unspecified atom stereocenters. The number of nitrogens with zero attached hydrogens (tertiary/aromatic N) is 2. The van der Waals surface area contributed by atoms with Crippen molar-refractivity contribution in [3.05, 3.63) is 30.1 Å². The first-order valence-electron chi connectivity index (χ1n) is 7.61. The van der Waals surface area contributed by atoms with Gasteiger partial charge in [-0.15, -0.1) is 0 Å². The van der Waals surface area contributed by atoms with E-state index in [2.05, 4.69) is 10.3 Å². The zero-order chi connectivity index (χ0) is 15.3. The first-order chi connectivity index (χ1) is 10.1. The third-order valence-corrected chi connectivity index (χ3v) is 4.26. The van der Waals surface area contributed by atoms with E-state index in [4.69, 9.17) is 0 Å². The van der Waals surface area contributed by atoms with Gasteiger partial charge in [-0.3, -0.25) is 14.6 Å². The lowest BCUT2D eigenvalue weighted by Gasteiger charge is -2.33. The van der Waals surface area contributed by atoms with Crippen LogP contribution >= 0.6 is 0 Å². The summed E-state index contributed by atoms with van der Waals surface area (Å²) in [7, 11) is 0. The predicted octanol–water partition coefficient (Wildman–Crippen LogP) is 1.53. The van der Waals surface area contributed by atoms with Gasteiger partial charge in [-0.25, -0.2) is 0 Å². The van der Waals surface area contributed by atoms with Gasteiger partial charge in [-0.05, 0) is 25.0 Å². The van der Waals surface area contributed by atoms with E-state index in [1.54, 1.807) is 11.1 Å². The van der Waals surface area contributed by atoms with Crippen LogP contribution in [0.1, 0.15) is 38.8 Å². The lowest BCUT2D eigenvalue weighted by atomic mass is 9.91. The molecule has 1 fully saturated rings. The van der Waals surface area contributed by atoms with Crippen LogP contribution in [-0.2, 0) is 16.0 Å². The monoisotopic (exact) mass is 289 g/mol.